The van der Waals surface area contributed by atoms with E-state index in [1.807, 2.05) is 20.8 Å². The van der Waals surface area contributed by atoms with Crippen LogP contribution in [-0.2, 0) is 4.79 Å². The standard InChI is InChI=1S/C16H25N3O2/c1-16(2,3)13(17)10-14(20)18-12-9-7-6-8-11(12)15(21)19(4)5/h6-9,13H,10,17H2,1-5H3,(H,18,20). The summed E-state index contributed by atoms with van der Waals surface area (Å²) >= 11 is 0. The Morgan fingerprint density at radius 3 is 2.33 bits per heavy atom. The molecular formula is C16H25N3O2. The van der Waals surface area contributed by atoms with E-state index in [1.54, 1.807) is 38.4 Å². The normalized spacial score (nSPS) is 12.7. The van der Waals surface area contributed by atoms with Crippen LogP contribution in [-0.4, -0.2) is 36.9 Å². The van der Waals surface area contributed by atoms with E-state index in [9.17, 15) is 9.59 Å². The maximum Gasteiger partial charge on any atom is 0.255 e. The minimum atomic E-state index is -0.241. The number of hydrogen-bond donors (Lipinski definition) is 2. The van der Waals surface area contributed by atoms with Crippen LogP contribution < -0.4 is 11.1 Å². The molecule has 0 aliphatic rings. The molecule has 1 rings (SSSR count). The van der Waals surface area contributed by atoms with Crippen LogP contribution in [0.1, 0.15) is 37.6 Å². The van der Waals surface area contributed by atoms with Gasteiger partial charge in [-0.3, -0.25) is 9.59 Å². The summed E-state index contributed by atoms with van der Waals surface area (Å²) in [4.78, 5) is 25.7. The minimum absolute atomic E-state index is 0.143. The maximum atomic E-state index is 12.1. The molecule has 0 saturated carbocycles. The van der Waals surface area contributed by atoms with Gasteiger partial charge >= 0.3 is 0 Å². The van der Waals surface area contributed by atoms with E-state index in [1.165, 1.54) is 4.90 Å². The van der Waals surface area contributed by atoms with E-state index in [0.717, 1.165) is 0 Å². The molecule has 5 nitrogen and oxygen atoms in total. The number of carbonyl (C=O) groups excluding carboxylic acids is 2. The van der Waals surface area contributed by atoms with Crippen molar-refractivity contribution >= 4 is 17.5 Å². The zero-order valence-electron chi connectivity index (χ0n) is 13.4. The summed E-state index contributed by atoms with van der Waals surface area (Å²) in [6.07, 6.45) is 0.216. The van der Waals surface area contributed by atoms with Gasteiger partial charge < -0.3 is 16.0 Å². The zero-order chi connectivity index (χ0) is 16.2. The van der Waals surface area contributed by atoms with Gasteiger partial charge in [-0.05, 0) is 17.5 Å². The number of rotatable bonds is 4. The number of nitrogens with two attached hydrogens (primary N) is 1. The predicted molar refractivity (Wildman–Crippen MR) is 85.1 cm³/mol. The highest BCUT2D eigenvalue weighted by Gasteiger charge is 2.24. The van der Waals surface area contributed by atoms with Crippen molar-refractivity contribution in [3.8, 4) is 0 Å². The van der Waals surface area contributed by atoms with Gasteiger partial charge in [-0.15, -0.1) is 0 Å². The second-order valence-corrected chi connectivity index (χ2v) is 6.47. The smallest absolute Gasteiger partial charge is 0.255 e. The third-order valence-electron chi connectivity index (χ3n) is 3.36. The van der Waals surface area contributed by atoms with Crippen molar-refractivity contribution in [1.29, 1.82) is 0 Å². The molecular weight excluding hydrogens is 266 g/mol. The highest BCUT2D eigenvalue weighted by Crippen LogP contribution is 2.21. The number of carbonyl (C=O) groups is 2. The summed E-state index contributed by atoms with van der Waals surface area (Å²) in [5, 5.41) is 2.78. The second kappa shape index (κ2) is 6.72. The number of nitrogens with one attached hydrogen (secondary N) is 1. The van der Waals surface area contributed by atoms with Gasteiger partial charge in [0.2, 0.25) is 5.91 Å². The Hall–Kier alpha value is -1.88. The molecule has 1 aromatic rings. The lowest BCUT2D eigenvalue weighted by atomic mass is 9.85. The fourth-order valence-electron chi connectivity index (χ4n) is 1.73. The Bertz CT molecular complexity index is 518. The van der Waals surface area contributed by atoms with Crippen LogP contribution in [0.25, 0.3) is 0 Å². The summed E-state index contributed by atoms with van der Waals surface area (Å²) in [5.41, 5.74) is 6.86. The number of anilines is 1. The van der Waals surface area contributed by atoms with Crippen LogP contribution in [0.4, 0.5) is 5.69 Å². The van der Waals surface area contributed by atoms with Crippen LogP contribution in [0.2, 0.25) is 0 Å². The zero-order valence-corrected chi connectivity index (χ0v) is 13.4. The first-order chi connectivity index (χ1) is 9.62. The van der Waals surface area contributed by atoms with E-state index in [-0.39, 0.29) is 29.7 Å². The molecule has 116 valence electrons. The molecule has 5 heteroatoms. The Balaban J connectivity index is 2.84. The first-order valence-electron chi connectivity index (χ1n) is 6.99. The van der Waals surface area contributed by atoms with Gasteiger partial charge in [0.05, 0.1) is 11.3 Å². The lowest BCUT2D eigenvalue weighted by Gasteiger charge is -2.26. The van der Waals surface area contributed by atoms with Gasteiger partial charge in [0, 0.05) is 26.6 Å². The molecule has 0 aliphatic carbocycles. The number of hydrogen-bond acceptors (Lipinski definition) is 3. The lowest BCUT2D eigenvalue weighted by molar-refractivity contribution is -0.117. The first kappa shape index (κ1) is 17.2. The van der Waals surface area contributed by atoms with Crippen LogP contribution in [0.3, 0.4) is 0 Å². The highest BCUT2D eigenvalue weighted by atomic mass is 16.2. The summed E-state index contributed by atoms with van der Waals surface area (Å²) < 4.78 is 0. The van der Waals surface area contributed by atoms with Crippen molar-refractivity contribution in [2.24, 2.45) is 11.1 Å². The van der Waals surface area contributed by atoms with E-state index in [4.69, 9.17) is 5.73 Å². The largest absolute Gasteiger partial charge is 0.345 e. The molecule has 0 spiro atoms. The van der Waals surface area contributed by atoms with Crippen LogP contribution in [0, 0.1) is 5.41 Å². The number of benzene rings is 1. The molecule has 0 aromatic heterocycles. The molecule has 0 saturated heterocycles. The number of nitrogens with zero attached hydrogens (tertiary/aromatic N) is 1. The summed E-state index contributed by atoms with van der Waals surface area (Å²) in [7, 11) is 3.35. The Morgan fingerprint density at radius 1 is 1.24 bits per heavy atom. The van der Waals surface area contributed by atoms with E-state index >= 15 is 0 Å². The molecule has 21 heavy (non-hydrogen) atoms. The fourth-order valence-corrected chi connectivity index (χ4v) is 1.73. The maximum absolute atomic E-state index is 12.1. The van der Waals surface area contributed by atoms with Crippen molar-refractivity contribution in [3.05, 3.63) is 29.8 Å². The lowest BCUT2D eigenvalue weighted by Crippen LogP contribution is -2.38. The molecule has 1 atom stereocenters. The van der Waals surface area contributed by atoms with E-state index < -0.39 is 0 Å². The molecule has 0 heterocycles. The molecule has 0 fully saturated rings. The summed E-state index contributed by atoms with van der Waals surface area (Å²) in [6, 6.07) is 6.73. The Morgan fingerprint density at radius 2 is 1.81 bits per heavy atom. The Labute approximate surface area is 126 Å². The fraction of sp³-hybridized carbons (Fsp3) is 0.500. The van der Waals surface area contributed by atoms with Gasteiger partial charge in [0.1, 0.15) is 0 Å². The van der Waals surface area contributed by atoms with E-state index in [2.05, 4.69) is 5.32 Å². The molecule has 3 N–H and O–H groups in total. The molecule has 2 amide bonds. The molecule has 0 bridgehead atoms. The topological polar surface area (TPSA) is 75.4 Å². The molecule has 1 aromatic carbocycles. The Kier molecular flexibility index (Phi) is 5.49. The van der Waals surface area contributed by atoms with Gasteiger partial charge in [0.25, 0.3) is 5.91 Å². The first-order valence-corrected chi connectivity index (χ1v) is 6.99. The van der Waals surface area contributed by atoms with Crippen LogP contribution >= 0.6 is 0 Å². The minimum Gasteiger partial charge on any atom is -0.345 e. The molecule has 0 radical (unpaired) electrons. The number of amides is 2. The van der Waals surface area contributed by atoms with Crippen molar-refractivity contribution in [2.45, 2.75) is 33.2 Å². The number of para-hydroxylation sites is 1. The van der Waals surface area contributed by atoms with Crippen molar-refractivity contribution in [2.75, 3.05) is 19.4 Å². The van der Waals surface area contributed by atoms with Crippen molar-refractivity contribution < 1.29 is 9.59 Å². The highest BCUT2D eigenvalue weighted by molar-refractivity contribution is 6.03. The average Bonchev–Trinajstić information content (AvgIpc) is 2.37. The molecule has 0 aliphatic heterocycles. The third kappa shape index (κ3) is 4.86. The van der Waals surface area contributed by atoms with E-state index in [0.29, 0.717) is 11.3 Å². The van der Waals surface area contributed by atoms with Crippen molar-refractivity contribution in [1.82, 2.24) is 4.90 Å². The monoisotopic (exact) mass is 291 g/mol. The average molecular weight is 291 g/mol. The van der Waals surface area contributed by atoms with Gasteiger partial charge in [-0.1, -0.05) is 32.9 Å². The quantitative estimate of drug-likeness (QED) is 0.892. The third-order valence-corrected chi connectivity index (χ3v) is 3.36. The SMILES string of the molecule is CN(C)C(=O)c1ccccc1NC(=O)CC(N)C(C)(C)C. The van der Waals surface area contributed by atoms with Gasteiger partial charge in [-0.2, -0.15) is 0 Å². The van der Waals surface area contributed by atoms with Gasteiger partial charge in [-0.25, -0.2) is 0 Å². The predicted octanol–water partition coefficient (Wildman–Crippen LogP) is 2.09. The van der Waals surface area contributed by atoms with Crippen LogP contribution in [0.15, 0.2) is 24.3 Å². The van der Waals surface area contributed by atoms with Crippen LogP contribution in [0.5, 0.6) is 0 Å². The summed E-state index contributed by atoms with van der Waals surface area (Å²) in [5.74, 6) is -0.331. The molecule has 1 unspecified atom stereocenters. The second-order valence-electron chi connectivity index (χ2n) is 6.47. The summed E-state index contributed by atoms with van der Waals surface area (Å²) in [6.45, 7) is 5.98. The van der Waals surface area contributed by atoms with Gasteiger partial charge in [0.15, 0.2) is 0 Å². The van der Waals surface area contributed by atoms with Crippen molar-refractivity contribution in [3.63, 3.8) is 0 Å².